The molecule has 1 aliphatic rings. The van der Waals surface area contributed by atoms with Crippen molar-refractivity contribution in [3.63, 3.8) is 0 Å². The van der Waals surface area contributed by atoms with Crippen molar-refractivity contribution in [3.05, 3.63) is 25.4 Å². The molecule has 2 nitrogen and oxygen atoms in total. The van der Waals surface area contributed by atoms with Gasteiger partial charge < -0.3 is 9.47 Å². The molecule has 1 saturated heterocycles. The molecule has 0 unspecified atom stereocenters. The van der Waals surface area contributed by atoms with Crippen molar-refractivity contribution in [1.82, 2.24) is 0 Å². The van der Waals surface area contributed by atoms with E-state index in [4.69, 9.17) is 9.47 Å². The second-order valence-corrected chi connectivity index (χ2v) is 1.80. The van der Waals surface area contributed by atoms with Gasteiger partial charge in [0.25, 0.3) is 0 Å². The molecule has 1 heterocycles. The number of hydrogen-bond acceptors (Lipinski definition) is 2. The summed E-state index contributed by atoms with van der Waals surface area (Å²) in [6, 6.07) is 0. The van der Waals surface area contributed by atoms with Crippen molar-refractivity contribution in [2.45, 2.75) is 6.42 Å². The molecule has 0 aromatic rings. The average molecular weight is 126 g/mol. The van der Waals surface area contributed by atoms with Crippen LogP contribution >= 0.6 is 0 Å². The third-order valence-electron chi connectivity index (χ3n) is 1.05. The zero-order chi connectivity index (χ0) is 6.53. The van der Waals surface area contributed by atoms with E-state index in [1.54, 1.807) is 12.7 Å². The van der Waals surface area contributed by atoms with Crippen LogP contribution in [0.3, 0.4) is 0 Å². The van der Waals surface area contributed by atoms with Gasteiger partial charge in [0.1, 0.15) is 12.7 Å². The molecule has 0 aliphatic carbocycles. The molecule has 2 radical (unpaired) electrons. The highest BCUT2D eigenvalue weighted by Gasteiger charge is 2.13. The lowest BCUT2D eigenvalue weighted by atomic mass is 10.2. The van der Waals surface area contributed by atoms with Gasteiger partial charge in [-0.25, -0.2) is 0 Å². The Morgan fingerprint density at radius 1 is 1.67 bits per heavy atom. The first-order chi connectivity index (χ1) is 4.43. The molecule has 0 aromatic carbocycles. The van der Waals surface area contributed by atoms with Crippen molar-refractivity contribution in [1.29, 1.82) is 0 Å². The zero-order valence-electron chi connectivity index (χ0n) is 5.30. The average Bonchev–Trinajstić information content (AvgIpc) is 1.91. The normalized spacial score (nSPS) is 21.8. The molecular weight excluding hydrogens is 116 g/mol. The highest BCUT2D eigenvalue weighted by atomic mass is 16.6. The fourth-order valence-electron chi connectivity index (χ4n) is 0.656. The van der Waals surface area contributed by atoms with Gasteiger partial charge in [-0.05, 0) is 6.42 Å². The van der Waals surface area contributed by atoms with Crippen LogP contribution in [0.5, 0.6) is 0 Å². The summed E-state index contributed by atoms with van der Waals surface area (Å²) in [6.07, 6.45) is 3.43. The van der Waals surface area contributed by atoms with E-state index in [0.29, 0.717) is 13.2 Å². The SMILES string of the molecule is C=CC[C]1[CH]OCCO1. The lowest BCUT2D eigenvalue weighted by Crippen LogP contribution is -2.17. The first-order valence-electron chi connectivity index (χ1n) is 2.98. The maximum atomic E-state index is 5.18. The van der Waals surface area contributed by atoms with Crippen LogP contribution in [0.4, 0.5) is 0 Å². The molecule has 2 heteroatoms. The van der Waals surface area contributed by atoms with Crippen LogP contribution in [0, 0.1) is 12.7 Å². The Hall–Kier alpha value is -0.340. The van der Waals surface area contributed by atoms with Gasteiger partial charge in [-0.1, -0.05) is 6.08 Å². The third-order valence-corrected chi connectivity index (χ3v) is 1.05. The zero-order valence-corrected chi connectivity index (χ0v) is 5.30. The van der Waals surface area contributed by atoms with Gasteiger partial charge in [0.2, 0.25) is 0 Å². The number of ether oxygens (including phenoxy) is 2. The Morgan fingerprint density at radius 2 is 2.56 bits per heavy atom. The maximum Gasteiger partial charge on any atom is 0.132 e. The topological polar surface area (TPSA) is 18.5 Å². The largest absolute Gasteiger partial charge is 0.370 e. The first kappa shape index (κ1) is 6.78. The Labute approximate surface area is 55.5 Å². The maximum absolute atomic E-state index is 5.18. The Morgan fingerprint density at radius 3 is 3.11 bits per heavy atom. The minimum Gasteiger partial charge on any atom is -0.370 e. The standard InChI is InChI=1S/C7H10O2/c1-2-3-7-6-8-4-5-9-7/h2,6H,1,3-5H2. The van der Waals surface area contributed by atoms with Gasteiger partial charge in [-0.2, -0.15) is 0 Å². The molecule has 0 aromatic heterocycles. The predicted molar refractivity (Wildman–Crippen MR) is 34.3 cm³/mol. The van der Waals surface area contributed by atoms with Gasteiger partial charge in [0.15, 0.2) is 0 Å². The summed E-state index contributed by atoms with van der Waals surface area (Å²) < 4.78 is 10.2. The van der Waals surface area contributed by atoms with E-state index in [2.05, 4.69) is 6.58 Å². The van der Waals surface area contributed by atoms with E-state index in [1.807, 2.05) is 0 Å². The summed E-state index contributed by atoms with van der Waals surface area (Å²) in [7, 11) is 0. The van der Waals surface area contributed by atoms with E-state index in [-0.39, 0.29) is 0 Å². The van der Waals surface area contributed by atoms with Crippen molar-refractivity contribution in [2.24, 2.45) is 0 Å². The Kier molecular flexibility index (Phi) is 2.74. The summed E-state index contributed by atoms with van der Waals surface area (Å²) in [6.45, 7) is 6.56. The summed E-state index contributed by atoms with van der Waals surface area (Å²) in [5, 5.41) is 0. The minimum absolute atomic E-state index is 0.666. The van der Waals surface area contributed by atoms with E-state index in [9.17, 15) is 0 Å². The highest BCUT2D eigenvalue weighted by molar-refractivity contribution is 4.95. The van der Waals surface area contributed by atoms with Crippen LogP contribution in [0.15, 0.2) is 12.7 Å². The third kappa shape index (κ3) is 2.16. The van der Waals surface area contributed by atoms with E-state index in [1.165, 1.54) is 0 Å². The van der Waals surface area contributed by atoms with Gasteiger partial charge in [-0.3, -0.25) is 0 Å². The van der Waals surface area contributed by atoms with Gasteiger partial charge in [0, 0.05) is 0 Å². The molecule has 0 amide bonds. The fourth-order valence-corrected chi connectivity index (χ4v) is 0.656. The summed E-state index contributed by atoms with van der Waals surface area (Å²) in [5.74, 6) is 0. The van der Waals surface area contributed by atoms with Crippen LogP contribution in [-0.2, 0) is 9.47 Å². The van der Waals surface area contributed by atoms with Crippen LogP contribution in [0.25, 0.3) is 0 Å². The fraction of sp³-hybridized carbons (Fsp3) is 0.429. The highest BCUT2D eigenvalue weighted by Crippen LogP contribution is 2.16. The lowest BCUT2D eigenvalue weighted by molar-refractivity contribution is 0.00949. The molecule has 0 bridgehead atoms. The van der Waals surface area contributed by atoms with Crippen LogP contribution in [-0.4, -0.2) is 13.2 Å². The van der Waals surface area contributed by atoms with Gasteiger partial charge in [-0.15, -0.1) is 6.58 Å². The quantitative estimate of drug-likeness (QED) is 0.519. The first-order valence-corrected chi connectivity index (χ1v) is 2.98. The molecule has 1 aliphatic heterocycles. The van der Waals surface area contributed by atoms with Gasteiger partial charge in [0.05, 0.1) is 13.2 Å². The molecule has 0 atom stereocenters. The van der Waals surface area contributed by atoms with Crippen molar-refractivity contribution in [3.8, 4) is 0 Å². The van der Waals surface area contributed by atoms with E-state index in [0.717, 1.165) is 12.5 Å². The van der Waals surface area contributed by atoms with Crippen LogP contribution in [0.1, 0.15) is 6.42 Å². The monoisotopic (exact) mass is 126 g/mol. The van der Waals surface area contributed by atoms with Crippen molar-refractivity contribution >= 4 is 0 Å². The predicted octanol–water partition coefficient (Wildman–Crippen LogP) is 1.30. The molecule has 1 rings (SSSR count). The minimum atomic E-state index is 0.666. The summed E-state index contributed by atoms with van der Waals surface area (Å²) >= 11 is 0. The molecular formula is C7H10O2. The van der Waals surface area contributed by atoms with Crippen LogP contribution < -0.4 is 0 Å². The molecule has 0 N–H and O–H groups in total. The van der Waals surface area contributed by atoms with Crippen LogP contribution in [0.2, 0.25) is 0 Å². The summed E-state index contributed by atoms with van der Waals surface area (Å²) in [5.41, 5.74) is 0. The molecule has 50 valence electrons. The second-order valence-electron chi connectivity index (χ2n) is 1.80. The summed E-state index contributed by atoms with van der Waals surface area (Å²) in [4.78, 5) is 0. The molecule has 9 heavy (non-hydrogen) atoms. The van der Waals surface area contributed by atoms with Gasteiger partial charge >= 0.3 is 0 Å². The molecule has 0 saturated carbocycles. The van der Waals surface area contributed by atoms with Crippen molar-refractivity contribution < 1.29 is 9.47 Å². The Balaban J connectivity index is 2.15. The van der Waals surface area contributed by atoms with Crippen molar-refractivity contribution in [2.75, 3.05) is 13.2 Å². The van der Waals surface area contributed by atoms with E-state index < -0.39 is 0 Å². The van der Waals surface area contributed by atoms with E-state index >= 15 is 0 Å². The number of rotatable bonds is 2. The Bertz CT molecular complexity index is 84.9. The smallest absolute Gasteiger partial charge is 0.132 e. The lowest BCUT2D eigenvalue weighted by Gasteiger charge is -2.19. The molecule has 0 spiro atoms. The molecule has 1 fully saturated rings. The second kappa shape index (κ2) is 3.64. The number of hydrogen-bond donors (Lipinski definition) is 0.